The fourth-order valence-corrected chi connectivity index (χ4v) is 3.76. The van der Waals surface area contributed by atoms with Crippen molar-refractivity contribution in [2.45, 2.75) is 69.6 Å². The number of carbonyl (C=O) groups excluding carboxylic acids is 1. The van der Waals surface area contributed by atoms with E-state index in [-0.39, 0.29) is 0 Å². The van der Waals surface area contributed by atoms with Crippen molar-refractivity contribution in [2.24, 2.45) is 0 Å². The predicted octanol–water partition coefficient (Wildman–Crippen LogP) is 2.14. The molecule has 0 aromatic rings. The minimum Gasteiger partial charge on any atom is -0.378 e. The predicted molar refractivity (Wildman–Crippen MR) is 66.0 cm³/mol. The Kier molecular flexibility index (Phi) is 3.48. The standard InChI is InChI=1S/C14H23NO2/c16-13-9-11-4-5-12(10-13)15(11)7-6-14-3-1-2-8-17-14/h11-12,14H,1-10H2. The summed E-state index contributed by atoms with van der Waals surface area (Å²) in [5.41, 5.74) is 0. The van der Waals surface area contributed by atoms with Crippen LogP contribution in [-0.4, -0.2) is 42.0 Å². The molecule has 0 aromatic heterocycles. The molecule has 3 aliphatic rings. The zero-order valence-electron chi connectivity index (χ0n) is 10.6. The molecule has 3 saturated heterocycles. The number of Topliss-reactive ketones (excluding diaryl/α,β-unsaturated/α-hetero) is 1. The summed E-state index contributed by atoms with van der Waals surface area (Å²) in [7, 11) is 0. The van der Waals surface area contributed by atoms with Crippen molar-refractivity contribution < 1.29 is 9.53 Å². The van der Waals surface area contributed by atoms with Crippen LogP contribution < -0.4 is 0 Å². The molecule has 0 spiro atoms. The second-order valence-electron chi connectivity index (χ2n) is 5.85. The van der Waals surface area contributed by atoms with Crippen LogP contribution in [0.3, 0.4) is 0 Å². The van der Waals surface area contributed by atoms with Gasteiger partial charge in [0.2, 0.25) is 0 Å². The summed E-state index contributed by atoms with van der Waals surface area (Å²) in [6.45, 7) is 2.10. The van der Waals surface area contributed by atoms with E-state index in [9.17, 15) is 4.79 Å². The van der Waals surface area contributed by atoms with Crippen LogP contribution in [0.2, 0.25) is 0 Å². The molecule has 0 amide bonds. The monoisotopic (exact) mass is 237 g/mol. The largest absolute Gasteiger partial charge is 0.378 e. The Labute approximate surface area is 104 Å². The zero-order valence-corrected chi connectivity index (χ0v) is 10.6. The van der Waals surface area contributed by atoms with Crippen LogP contribution >= 0.6 is 0 Å². The van der Waals surface area contributed by atoms with Crippen LogP contribution in [0.25, 0.3) is 0 Å². The Hall–Kier alpha value is -0.410. The van der Waals surface area contributed by atoms with Gasteiger partial charge < -0.3 is 4.74 Å². The summed E-state index contributed by atoms with van der Waals surface area (Å²) in [5, 5.41) is 0. The van der Waals surface area contributed by atoms with E-state index in [4.69, 9.17) is 4.74 Å². The van der Waals surface area contributed by atoms with E-state index in [2.05, 4.69) is 4.90 Å². The Morgan fingerprint density at radius 2 is 1.88 bits per heavy atom. The van der Waals surface area contributed by atoms with Gasteiger partial charge in [0.15, 0.2) is 0 Å². The van der Waals surface area contributed by atoms with E-state index in [0.717, 1.165) is 26.0 Å². The Morgan fingerprint density at radius 3 is 2.53 bits per heavy atom. The number of hydrogen-bond acceptors (Lipinski definition) is 3. The molecule has 3 rings (SSSR count). The number of piperidine rings is 1. The summed E-state index contributed by atoms with van der Waals surface area (Å²) in [6.07, 6.45) is 9.55. The van der Waals surface area contributed by atoms with Crippen molar-refractivity contribution in [3.05, 3.63) is 0 Å². The van der Waals surface area contributed by atoms with Gasteiger partial charge in [-0.3, -0.25) is 9.69 Å². The molecule has 3 unspecified atom stereocenters. The average Bonchev–Trinajstić information content (AvgIpc) is 2.59. The summed E-state index contributed by atoms with van der Waals surface area (Å²) < 4.78 is 5.79. The van der Waals surface area contributed by atoms with Crippen LogP contribution in [0.5, 0.6) is 0 Å². The third-order valence-electron chi connectivity index (χ3n) is 4.68. The summed E-state index contributed by atoms with van der Waals surface area (Å²) in [6, 6.07) is 1.12. The number of nitrogens with zero attached hydrogens (tertiary/aromatic N) is 1. The van der Waals surface area contributed by atoms with E-state index >= 15 is 0 Å². The molecule has 2 bridgehead atoms. The van der Waals surface area contributed by atoms with Crippen LogP contribution in [0.1, 0.15) is 51.4 Å². The first kappa shape index (κ1) is 11.7. The first-order valence-electron chi connectivity index (χ1n) is 7.22. The SMILES string of the molecule is O=C1CC2CCC(C1)N2CCC1CCCCO1. The Morgan fingerprint density at radius 1 is 1.12 bits per heavy atom. The van der Waals surface area contributed by atoms with Gasteiger partial charge in [-0.25, -0.2) is 0 Å². The van der Waals surface area contributed by atoms with Crippen molar-refractivity contribution in [2.75, 3.05) is 13.2 Å². The number of ketones is 1. The van der Waals surface area contributed by atoms with E-state index in [1.54, 1.807) is 0 Å². The van der Waals surface area contributed by atoms with Crippen LogP contribution in [-0.2, 0) is 9.53 Å². The van der Waals surface area contributed by atoms with Crippen LogP contribution in [0.15, 0.2) is 0 Å². The molecule has 0 radical (unpaired) electrons. The maximum Gasteiger partial charge on any atom is 0.136 e. The van der Waals surface area contributed by atoms with Crippen LogP contribution in [0.4, 0.5) is 0 Å². The van der Waals surface area contributed by atoms with Gasteiger partial charge in [0.05, 0.1) is 6.10 Å². The summed E-state index contributed by atoms with van der Waals surface area (Å²) in [5.74, 6) is 0.489. The fourth-order valence-electron chi connectivity index (χ4n) is 3.76. The van der Waals surface area contributed by atoms with Crippen molar-refractivity contribution in [1.29, 1.82) is 0 Å². The highest BCUT2D eigenvalue weighted by molar-refractivity contribution is 5.80. The van der Waals surface area contributed by atoms with Gasteiger partial charge in [0, 0.05) is 38.1 Å². The quantitative estimate of drug-likeness (QED) is 0.753. The first-order valence-corrected chi connectivity index (χ1v) is 7.22. The van der Waals surface area contributed by atoms with Gasteiger partial charge in [-0.05, 0) is 38.5 Å². The smallest absolute Gasteiger partial charge is 0.136 e. The molecular weight excluding hydrogens is 214 g/mol. The highest BCUT2D eigenvalue weighted by atomic mass is 16.5. The van der Waals surface area contributed by atoms with E-state index in [1.165, 1.54) is 38.5 Å². The third-order valence-corrected chi connectivity index (χ3v) is 4.68. The lowest BCUT2D eigenvalue weighted by molar-refractivity contribution is -0.123. The number of fused-ring (bicyclic) bond motifs is 2. The second-order valence-corrected chi connectivity index (χ2v) is 5.85. The molecule has 3 heterocycles. The molecule has 96 valence electrons. The molecule has 3 heteroatoms. The number of rotatable bonds is 3. The topological polar surface area (TPSA) is 29.5 Å². The molecular formula is C14H23NO2. The average molecular weight is 237 g/mol. The molecule has 0 saturated carbocycles. The van der Waals surface area contributed by atoms with E-state index < -0.39 is 0 Å². The minimum atomic E-state index is 0.487. The maximum atomic E-state index is 11.5. The summed E-state index contributed by atoms with van der Waals surface area (Å²) >= 11 is 0. The molecule has 3 fully saturated rings. The maximum absolute atomic E-state index is 11.5. The van der Waals surface area contributed by atoms with E-state index in [1.807, 2.05) is 0 Å². The lowest BCUT2D eigenvalue weighted by Gasteiger charge is -2.35. The van der Waals surface area contributed by atoms with Gasteiger partial charge in [-0.2, -0.15) is 0 Å². The normalized spacial score (nSPS) is 38.6. The third kappa shape index (κ3) is 2.55. The Balaban J connectivity index is 1.50. The van der Waals surface area contributed by atoms with Crippen molar-refractivity contribution in [1.82, 2.24) is 4.90 Å². The molecule has 0 aliphatic carbocycles. The molecule has 0 aromatic carbocycles. The van der Waals surface area contributed by atoms with Crippen molar-refractivity contribution >= 4 is 5.78 Å². The highest BCUT2D eigenvalue weighted by Gasteiger charge is 2.39. The number of hydrogen-bond donors (Lipinski definition) is 0. The molecule has 0 N–H and O–H groups in total. The molecule has 3 nitrogen and oxygen atoms in total. The van der Waals surface area contributed by atoms with Gasteiger partial charge in [0.25, 0.3) is 0 Å². The van der Waals surface area contributed by atoms with Crippen molar-refractivity contribution in [3.63, 3.8) is 0 Å². The molecule has 17 heavy (non-hydrogen) atoms. The minimum absolute atomic E-state index is 0.487. The molecule has 3 atom stereocenters. The van der Waals surface area contributed by atoms with Gasteiger partial charge in [-0.1, -0.05) is 0 Å². The lowest BCUT2D eigenvalue weighted by Crippen LogP contribution is -2.44. The van der Waals surface area contributed by atoms with Crippen molar-refractivity contribution in [3.8, 4) is 0 Å². The zero-order chi connectivity index (χ0) is 11.7. The number of ether oxygens (including phenoxy) is 1. The molecule has 3 aliphatic heterocycles. The lowest BCUT2D eigenvalue weighted by atomic mass is 10.00. The van der Waals surface area contributed by atoms with Gasteiger partial charge in [-0.15, -0.1) is 0 Å². The van der Waals surface area contributed by atoms with Gasteiger partial charge in [0.1, 0.15) is 5.78 Å². The second kappa shape index (κ2) is 5.07. The summed E-state index contributed by atoms with van der Waals surface area (Å²) in [4.78, 5) is 14.1. The highest BCUT2D eigenvalue weighted by Crippen LogP contribution is 2.34. The first-order chi connectivity index (χ1) is 8.33. The van der Waals surface area contributed by atoms with Gasteiger partial charge >= 0.3 is 0 Å². The van der Waals surface area contributed by atoms with Crippen LogP contribution in [0, 0.1) is 0 Å². The van der Waals surface area contributed by atoms with E-state index in [0.29, 0.717) is 24.0 Å². The fraction of sp³-hybridized carbons (Fsp3) is 0.929. The Bertz CT molecular complexity index is 270. The number of carbonyl (C=O) groups is 1.